The summed E-state index contributed by atoms with van der Waals surface area (Å²) >= 11 is 0. The van der Waals surface area contributed by atoms with E-state index in [1.54, 1.807) is 0 Å². The summed E-state index contributed by atoms with van der Waals surface area (Å²) in [6.07, 6.45) is 4.05. The molecule has 0 unspecified atom stereocenters. The molecule has 0 fully saturated rings. The van der Waals surface area contributed by atoms with Crippen LogP contribution in [-0.4, -0.2) is 28.2 Å². The quantitative estimate of drug-likeness (QED) is 0.157. The number of para-hydroxylation sites is 3. The Kier molecular flexibility index (Phi) is 5.46. The molecule has 6 heterocycles. The number of hydrogen-bond donors (Lipinski definition) is 0. The first-order valence-corrected chi connectivity index (χ1v) is 13.6. The zero-order valence-corrected chi connectivity index (χ0v) is 25.8. The summed E-state index contributed by atoms with van der Waals surface area (Å²) < 4.78 is 8.51. The molecule has 0 aliphatic heterocycles. The molecule has 9 rings (SSSR count). The molecule has 6 nitrogen and oxygen atoms in total. The molecule has 9 aromatic rings. The van der Waals surface area contributed by atoms with Gasteiger partial charge in [0, 0.05) is 33.7 Å². The third-order valence-electron chi connectivity index (χ3n) is 8.05. The number of hydrogen-bond acceptors (Lipinski definition) is 2. The van der Waals surface area contributed by atoms with Crippen LogP contribution in [0.3, 0.4) is 0 Å². The van der Waals surface area contributed by atoms with E-state index < -0.39 is 0 Å². The molecule has 0 saturated heterocycles. The maximum Gasteiger partial charge on any atom is 2.00 e. The SMILES string of the molecule is Cn1cc[c-]c1-n1ccc2ccc(-n3c4ccccc4c4ccc(-n5c6[c-]cccc6c6ccccc65)nc43)nc21.[Zn+2]. The molecule has 0 atom stereocenters. The Balaban J connectivity index is 0.00000267. The van der Waals surface area contributed by atoms with E-state index in [4.69, 9.17) is 9.97 Å². The fourth-order valence-electron chi connectivity index (χ4n) is 6.20. The van der Waals surface area contributed by atoms with Crippen molar-refractivity contribution in [1.82, 2.24) is 28.2 Å². The average Bonchev–Trinajstić information content (AvgIpc) is 3.78. The summed E-state index contributed by atoms with van der Waals surface area (Å²) in [5.41, 5.74) is 4.92. The second kappa shape index (κ2) is 9.26. The van der Waals surface area contributed by atoms with E-state index in [0.29, 0.717) is 0 Å². The number of aromatic nitrogens is 6. The number of fused-ring (bicyclic) bond motifs is 7. The summed E-state index contributed by atoms with van der Waals surface area (Å²) in [7, 11) is 2.02. The number of benzene rings is 3. The first kappa shape index (κ1) is 24.8. The zero-order valence-electron chi connectivity index (χ0n) is 22.9. The molecule has 194 valence electrons. The predicted molar refractivity (Wildman–Crippen MR) is 164 cm³/mol. The maximum absolute atomic E-state index is 5.33. The van der Waals surface area contributed by atoms with Gasteiger partial charge in [0.25, 0.3) is 0 Å². The number of aryl methyl sites for hydroxylation is 1. The summed E-state index contributed by atoms with van der Waals surface area (Å²) in [5, 5.41) is 5.65. The van der Waals surface area contributed by atoms with Crippen LogP contribution in [0.4, 0.5) is 0 Å². The predicted octanol–water partition coefficient (Wildman–Crippen LogP) is 7.55. The Labute approximate surface area is 253 Å². The topological polar surface area (TPSA) is 45.5 Å². The van der Waals surface area contributed by atoms with Gasteiger partial charge in [-0.05, 0) is 54.9 Å². The van der Waals surface area contributed by atoms with Crippen LogP contribution in [0, 0.1) is 12.1 Å². The van der Waals surface area contributed by atoms with Crippen molar-refractivity contribution >= 4 is 54.8 Å². The van der Waals surface area contributed by atoms with Crippen molar-refractivity contribution in [3.05, 3.63) is 128 Å². The van der Waals surface area contributed by atoms with Crippen molar-refractivity contribution in [2.75, 3.05) is 0 Å². The van der Waals surface area contributed by atoms with Crippen molar-refractivity contribution in [2.45, 2.75) is 0 Å². The standard InChI is InChI=1S/C35H22N6.Zn/c1-38-21-8-15-33(38)39-22-20-23-16-18-32(36-34(23)39)41-30-14-7-4-11-26(30)27-17-19-31(37-35(27)41)40-28-12-5-2-9-24(28)25-10-3-6-13-29(25)40;/h2-12,14,16-22H,1H3;/q-2;+2. The summed E-state index contributed by atoms with van der Waals surface area (Å²) in [6, 6.07) is 42.4. The van der Waals surface area contributed by atoms with Crippen LogP contribution < -0.4 is 0 Å². The van der Waals surface area contributed by atoms with E-state index in [1.807, 2.05) is 42.2 Å². The molecular formula is C35H22N6Zn. The second-order valence-corrected chi connectivity index (χ2v) is 10.3. The van der Waals surface area contributed by atoms with Crippen molar-refractivity contribution in [2.24, 2.45) is 7.05 Å². The second-order valence-electron chi connectivity index (χ2n) is 10.3. The molecule has 0 amide bonds. The van der Waals surface area contributed by atoms with Gasteiger partial charge in [-0.15, -0.1) is 11.6 Å². The van der Waals surface area contributed by atoms with Gasteiger partial charge in [-0.25, -0.2) is 22.1 Å². The minimum Gasteiger partial charge on any atom is -0.431 e. The summed E-state index contributed by atoms with van der Waals surface area (Å²) in [5.74, 6) is 2.60. The fourth-order valence-corrected chi connectivity index (χ4v) is 6.20. The number of nitrogens with zero attached hydrogens (tertiary/aromatic N) is 6. The van der Waals surface area contributed by atoms with E-state index >= 15 is 0 Å². The van der Waals surface area contributed by atoms with Crippen LogP contribution in [0.5, 0.6) is 0 Å². The molecule has 0 aliphatic carbocycles. The molecule has 0 radical (unpaired) electrons. The van der Waals surface area contributed by atoms with Gasteiger partial charge < -0.3 is 13.7 Å². The van der Waals surface area contributed by atoms with Crippen molar-refractivity contribution in [3.63, 3.8) is 0 Å². The average molecular weight is 592 g/mol. The van der Waals surface area contributed by atoms with E-state index in [-0.39, 0.29) is 19.5 Å². The van der Waals surface area contributed by atoms with Crippen molar-refractivity contribution in [1.29, 1.82) is 0 Å². The molecule has 6 aromatic heterocycles. The van der Waals surface area contributed by atoms with Crippen LogP contribution in [0.15, 0.2) is 116 Å². The largest absolute Gasteiger partial charge is 2.00 e. The van der Waals surface area contributed by atoms with Gasteiger partial charge in [0.1, 0.15) is 22.9 Å². The van der Waals surface area contributed by atoms with Gasteiger partial charge >= 0.3 is 19.5 Å². The van der Waals surface area contributed by atoms with E-state index in [2.05, 4.69) is 111 Å². The molecule has 3 aromatic carbocycles. The molecule has 0 spiro atoms. The third-order valence-corrected chi connectivity index (χ3v) is 8.05. The molecule has 7 heteroatoms. The third kappa shape index (κ3) is 3.41. The molecule has 0 bridgehead atoms. The molecule has 0 aliphatic rings. The number of pyridine rings is 2. The Hall–Kier alpha value is -5.00. The molecule has 42 heavy (non-hydrogen) atoms. The first-order chi connectivity index (χ1) is 20.3. The smallest absolute Gasteiger partial charge is 0.431 e. The molecular weight excluding hydrogens is 570 g/mol. The minimum atomic E-state index is 0. The Morgan fingerprint density at radius 3 is 2.07 bits per heavy atom. The van der Waals surface area contributed by atoms with E-state index in [1.165, 1.54) is 5.39 Å². The Morgan fingerprint density at radius 1 is 0.571 bits per heavy atom. The van der Waals surface area contributed by atoms with Gasteiger partial charge in [-0.1, -0.05) is 41.9 Å². The van der Waals surface area contributed by atoms with Crippen LogP contribution in [0.25, 0.3) is 72.2 Å². The van der Waals surface area contributed by atoms with Crippen molar-refractivity contribution in [3.8, 4) is 17.5 Å². The summed E-state index contributed by atoms with van der Waals surface area (Å²) in [6.45, 7) is 0. The molecule has 0 saturated carbocycles. The van der Waals surface area contributed by atoms with Crippen LogP contribution >= 0.6 is 0 Å². The van der Waals surface area contributed by atoms with Gasteiger partial charge in [0.05, 0.1) is 5.52 Å². The van der Waals surface area contributed by atoms with E-state index in [9.17, 15) is 0 Å². The van der Waals surface area contributed by atoms with Gasteiger partial charge in [0.2, 0.25) is 0 Å². The fraction of sp³-hybridized carbons (Fsp3) is 0.0286. The van der Waals surface area contributed by atoms with Gasteiger partial charge in [0.15, 0.2) is 0 Å². The van der Waals surface area contributed by atoms with Crippen LogP contribution in [0.1, 0.15) is 0 Å². The zero-order chi connectivity index (χ0) is 27.1. The Morgan fingerprint density at radius 2 is 1.26 bits per heavy atom. The van der Waals surface area contributed by atoms with E-state index in [0.717, 1.165) is 66.8 Å². The van der Waals surface area contributed by atoms with Gasteiger partial charge in [-0.2, -0.15) is 24.3 Å². The van der Waals surface area contributed by atoms with Crippen molar-refractivity contribution < 1.29 is 19.5 Å². The minimum absolute atomic E-state index is 0. The molecule has 0 N–H and O–H groups in total. The van der Waals surface area contributed by atoms with Gasteiger partial charge in [-0.3, -0.25) is 4.57 Å². The summed E-state index contributed by atoms with van der Waals surface area (Å²) in [4.78, 5) is 10.5. The van der Waals surface area contributed by atoms with Crippen LogP contribution in [-0.2, 0) is 26.5 Å². The maximum atomic E-state index is 5.33. The number of rotatable bonds is 3. The Bertz CT molecular complexity index is 2400. The van der Waals surface area contributed by atoms with Crippen LogP contribution in [0.2, 0.25) is 0 Å². The monoisotopic (exact) mass is 590 g/mol. The first-order valence-electron chi connectivity index (χ1n) is 13.6. The normalized spacial score (nSPS) is 11.7.